The normalized spacial score (nSPS) is 20.4. The number of amides is 2. The summed E-state index contributed by atoms with van der Waals surface area (Å²) in [6.07, 6.45) is 2.63. The van der Waals surface area contributed by atoms with Crippen molar-refractivity contribution in [1.29, 1.82) is 0 Å². The molecule has 0 saturated carbocycles. The van der Waals surface area contributed by atoms with Gasteiger partial charge in [-0.05, 0) is 18.1 Å². The van der Waals surface area contributed by atoms with Gasteiger partial charge in [0.1, 0.15) is 5.82 Å². The molecule has 0 radical (unpaired) electrons. The second-order valence-corrected chi connectivity index (χ2v) is 3.73. The number of rotatable bonds is 2. The molecule has 1 saturated heterocycles. The minimum absolute atomic E-state index is 0.193. The highest BCUT2D eigenvalue weighted by atomic mass is 16.2. The van der Waals surface area contributed by atoms with Gasteiger partial charge in [0, 0.05) is 19.7 Å². The molecule has 2 heterocycles. The number of aromatic nitrogens is 1. The van der Waals surface area contributed by atoms with Crippen LogP contribution in [0.2, 0.25) is 0 Å². The number of nitrogens with zero attached hydrogens (tertiary/aromatic N) is 1. The third-order valence-corrected chi connectivity index (χ3v) is 2.68. The van der Waals surface area contributed by atoms with Crippen molar-refractivity contribution in [3.05, 3.63) is 23.9 Å². The maximum atomic E-state index is 11.6. The lowest BCUT2D eigenvalue weighted by atomic mass is 9.92. The Morgan fingerprint density at radius 3 is 2.81 bits per heavy atom. The molecular formula is C11H13N3O2. The second-order valence-electron chi connectivity index (χ2n) is 3.73. The smallest absolute Gasteiger partial charge is 0.234 e. The molecule has 1 aromatic heterocycles. The number of hydrogen-bond acceptors (Lipinski definition) is 4. The number of hydrogen-bond donors (Lipinski definition) is 2. The van der Waals surface area contributed by atoms with E-state index in [9.17, 15) is 9.59 Å². The molecule has 2 N–H and O–H groups in total. The Hall–Kier alpha value is -1.91. The van der Waals surface area contributed by atoms with Crippen LogP contribution in [0.1, 0.15) is 24.3 Å². The summed E-state index contributed by atoms with van der Waals surface area (Å²) in [5.74, 6) is 0.0865. The highest BCUT2D eigenvalue weighted by Crippen LogP contribution is 2.24. The van der Waals surface area contributed by atoms with E-state index >= 15 is 0 Å². The monoisotopic (exact) mass is 219 g/mol. The van der Waals surface area contributed by atoms with Gasteiger partial charge in [0.05, 0.1) is 5.92 Å². The molecule has 0 aliphatic carbocycles. The SMILES string of the molecule is CNc1ccc([C@H]2CCC(=O)NC2=O)cn1. The van der Waals surface area contributed by atoms with E-state index in [2.05, 4.69) is 15.6 Å². The predicted molar refractivity (Wildman–Crippen MR) is 58.9 cm³/mol. The first kappa shape index (κ1) is 10.6. The maximum absolute atomic E-state index is 11.6. The molecule has 1 aliphatic heterocycles. The van der Waals surface area contributed by atoms with E-state index in [0.717, 1.165) is 11.4 Å². The molecular weight excluding hydrogens is 206 g/mol. The van der Waals surface area contributed by atoms with E-state index in [1.807, 2.05) is 12.1 Å². The Kier molecular flexibility index (Phi) is 2.85. The number of piperidine rings is 1. The van der Waals surface area contributed by atoms with Crippen LogP contribution in [0.15, 0.2) is 18.3 Å². The van der Waals surface area contributed by atoms with E-state index < -0.39 is 0 Å². The summed E-state index contributed by atoms with van der Waals surface area (Å²) in [7, 11) is 1.79. The molecule has 1 atom stereocenters. The molecule has 5 nitrogen and oxygen atoms in total. The molecule has 5 heteroatoms. The number of carbonyl (C=O) groups excluding carboxylic acids is 2. The summed E-state index contributed by atoms with van der Waals surface area (Å²) < 4.78 is 0. The quantitative estimate of drug-likeness (QED) is 0.716. The molecule has 0 aromatic carbocycles. The van der Waals surface area contributed by atoms with Crippen molar-refractivity contribution < 1.29 is 9.59 Å². The largest absolute Gasteiger partial charge is 0.373 e. The van der Waals surface area contributed by atoms with Crippen LogP contribution in [0.25, 0.3) is 0 Å². The standard InChI is InChI=1S/C11H13N3O2/c1-12-9-4-2-7(6-13-9)8-3-5-10(15)14-11(8)16/h2,4,6,8H,3,5H2,1H3,(H,12,13)(H,14,15,16)/t8-/m1/s1. The van der Waals surface area contributed by atoms with Gasteiger partial charge in [-0.1, -0.05) is 6.07 Å². The number of pyridine rings is 1. The van der Waals surface area contributed by atoms with Gasteiger partial charge >= 0.3 is 0 Å². The third kappa shape index (κ3) is 2.03. The fraction of sp³-hybridized carbons (Fsp3) is 0.364. The van der Waals surface area contributed by atoms with Crippen molar-refractivity contribution >= 4 is 17.6 Å². The first-order valence-corrected chi connectivity index (χ1v) is 5.18. The summed E-state index contributed by atoms with van der Waals surface area (Å²) in [5, 5.41) is 5.24. The Morgan fingerprint density at radius 2 is 2.25 bits per heavy atom. The fourth-order valence-corrected chi connectivity index (χ4v) is 1.77. The van der Waals surface area contributed by atoms with Crippen LogP contribution in [-0.4, -0.2) is 23.8 Å². The van der Waals surface area contributed by atoms with Crippen molar-refractivity contribution in [2.24, 2.45) is 0 Å². The molecule has 0 spiro atoms. The van der Waals surface area contributed by atoms with E-state index in [-0.39, 0.29) is 17.7 Å². The molecule has 0 bridgehead atoms. The van der Waals surface area contributed by atoms with Gasteiger partial charge in [0.25, 0.3) is 0 Å². The van der Waals surface area contributed by atoms with Crippen molar-refractivity contribution in [1.82, 2.24) is 10.3 Å². The molecule has 1 fully saturated rings. The Bertz CT molecular complexity index is 414. The fourth-order valence-electron chi connectivity index (χ4n) is 1.77. The van der Waals surface area contributed by atoms with Gasteiger partial charge in [-0.25, -0.2) is 4.98 Å². The van der Waals surface area contributed by atoms with Gasteiger partial charge in [-0.3, -0.25) is 14.9 Å². The minimum atomic E-state index is -0.254. The van der Waals surface area contributed by atoms with E-state index in [1.54, 1.807) is 13.2 Å². The summed E-state index contributed by atoms with van der Waals surface area (Å²) in [5.41, 5.74) is 0.851. The summed E-state index contributed by atoms with van der Waals surface area (Å²) in [4.78, 5) is 26.7. The first-order valence-electron chi connectivity index (χ1n) is 5.18. The lowest BCUT2D eigenvalue weighted by Gasteiger charge is -2.20. The van der Waals surface area contributed by atoms with Crippen LogP contribution < -0.4 is 10.6 Å². The topological polar surface area (TPSA) is 71.1 Å². The molecule has 0 unspecified atom stereocenters. The van der Waals surface area contributed by atoms with Gasteiger partial charge in [-0.15, -0.1) is 0 Å². The first-order chi connectivity index (χ1) is 7.70. The zero-order valence-electron chi connectivity index (χ0n) is 8.99. The maximum Gasteiger partial charge on any atom is 0.234 e. The summed E-state index contributed by atoms with van der Waals surface area (Å²) >= 11 is 0. The summed E-state index contributed by atoms with van der Waals surface area (Å²) in [6.45, 7) is 0. The van der Waals surface area contributed by atoms with Crippen molar-refractivity contribution in [2.75, 3.05) is 12.4 Å². The van der Waals surface area contributed by atoms with Gasteiger partial charge in [-0.2, -0.15) is 0 Å². The van der Waals surface area contributed by atoms with Crippen LogP contribution in [0.4, 0.5) is 5.82 Å². The number of nitrogens with one attached hydrogen (secondary N) is 2. The van der Waals surface area contributed by atoms with Crippen molar-refractivity contribution in [3.8, 4) is 0 Å². The number of anilines is 1. The second kappa shape index (κ2) is 4.30. The van der Waals surface area contributed by atoms with Crippen LogP contribution in [-0.2, 0) is 9.59 Å². The minimum Gasteiger partial charge on any atom is -0.373 e. The average Bonchev–Trinajstić information content (AvgIpc) is 2.29. The van der Waals surface area contributed by atoms with Crippen LogP contribution in [0, 0.1) is 0 Å². The lowest BCUT2D eigenvalue weighted by molar-refractivity contribution is -0.134. The van der Waals surface area contributed by atoms with Gasteiger partial charge in [0.15, 0.2) is 0 Å². The van der Waals surface area contributed by atoms with Crippen LogP contribution in [0.3, 0.4) is 0 Å². The zero-order chi connectivity index (χ0) is 11.5. The number of carbonyl (C=O) groups is 2. The highest BCUT2D eigenvalue weighted by Gasteiger charge is 2.27. The van der Waals surface area contributed by atoms with Crippen LogP contribution in [0.5, 0.6) is 0 Å². The number of imide groups is 1. The van der Waals surface area contributed by atoms with E-state index in [1.165, 1.54) is 0 Å². The molecule has 1 aliphatic rings. The molecule has 2 amide bonds. The van der Waals surface area contributed by atoms with E-state index in [0.29, 0.717) is 12.8 Å². The molecule has 16 heavy (non-hydrogen) atoms. The Labute approximate surface area is 93.3 Å². The van der Waals surface area contributed by atoms with Crippen LogP contribution >= 0.6 is 0 Å². The van der Waals surface area contributed by atoms with Gasteiger partial charge in [0.2, 0.25) is 11.8 Å². The molecule has 1 aromatic rings. The molecule has 2 rings (SSSR count). The predicted octanol–water partition coefficient (Wildman–Crippen LogP) is 0.643. The average molecular weight is 219 g/mol. The Morgan fingerprint density at radius 1 is 1.44 bits per heavy atom. The van der Waals surface area contributed by atoms with Crippen molar-refractivity contribution in [3.63, 3.8) is 0 Å². The third-order valence-electron chi connectivity index (χ3n) is 2.68. The Balaban J connectivity index is 2.17. The summed E-state index contributed by atoms with van der Waals surface area (Å²) in [6, 6.07) is 3.68. The molecule has 84 valence electrons. The van der Waals surface area contributed by atoms with Crippen molar-refractivity contribution in [2.45, 2.75) is 18.8 Å². The highest BCUT2D eigenvalue weighted by molar-refractivity contribution is 6.00. The lowest BCUT2D eigenvalue weighted by Crippen LogP contribution is -2.39. The zero-order valence-corrected chi connectivity index (χ0v) is 8.99. The van der Waals surface area contributed by atoms with E-state index in [4.69, 9.17) is 0 Å². The van der Waals surface area contributed by atoms with Gasteiger partial charge < -0.3 is 5.32 Å².